The van der Waals surface area contributed by atoms with Gasteiger partial charge in [-0.2, -0.15) is 0 Å². The fourth-order valence-electron chi connectivity index (χ4n) is 3.67. The Bertz CT molecular complexity index is 1090. The minimum absolute atomic E-state index is 0.175. The summed E-state index contributed by atoms with van der Waals surface area (Å²) in [6.45, 7) is 7.93. The lowest BCUT2D eigenvalue weighted by atomic mass is 9.80. The van der Waals surface area contributed by atoms with Crippen LogP contribution < -0.4 is 15.5 Å². The Balaban J connectivity index is 1.47. The summed E-state index contributed by atoms with van der Waals surface area (Å²) in [6.07, 6.45) is 5.91. The maximum atomic E-state index is 12.7. The summed E-state index contributed by atoms with van der Waals surface area (Å²) in [5, 5.41) is 8.72. The maximum Gasteiger partial charge on any atom is 0.257 e. The number of thiazole rings is 1. The first-order valence-corrected chi connectivity index (χ1v) is 11.3. The van der Waals surface area contributed by atoms with Gasteiger partial charge in [-0.1, -0.05) is 35.7 Å². The molecule has 0 bridgehead atoms. The number of piperazine rings is 1. The number of carbonyl (C=O) groups excluding carboxylic acids is 1. The molecule has 3 aromatic rings. The Labute approximate surface area is 187 Å². The van der Waals surface area contributed by atoms with E-state index in [1.165, 1.54) is 16.9 Å². The van der Waals surface area contributed by atoms with E-state index >= 15 is 0 Å². The molecular weight excluding hydrogens is 404 g/mol. The van der Waals surface area contributed by atoms with E-state index in [-0.39, 0.29) is 5.91 Å². The molecule has 2 N–H and O–H groups in total. The number of aryl methyl sites for hydroxylation is 1. The number of aromatic nitrogens is 1. The zero-order chi connectivity index (χ0) is 21.8. The van der Waals surface area contributed by atoms with Crippen molar-refractivity contribution in [1.82, 2.24) is 10.3 Å². The van der Waals surface area contributed by atoms with E-state index in [0.717, 1.165) is 43.1 Å². The van der Waals surface area contributed by atoms with Crippen LogP contribution in [-0.4, -0.2) is 37.1 Å². The van der Waals surface area contributed by atoms with Crippen LogP contribution in [0, 0.1) is 19.3 Å². The monoisotopic (exact) mass is 430 g/mol. The molecule has 0 radical (unpaired) electrons. The smallest absolute Gasteiger partial charge is 0.257 e. The third-order valence-electron chi connectivity index (χ3n) is 5.77. The highest BCUT2D eigenvalue weighted by atomic mass is 32.1. The Morgan fingerprint density at radius 2 is 1.84 bits per heavy atom. The normalized spacial score (nSPS) is 15.7. The van der Waals surface area contributed by atoms with Gasteiger partial charge >= 0.3 is 0 Å². The van der Waals surface area contributed by atoms with Crippen molar-refractivity contribution in [2.45, 2.75) is 19.3 Å². The summed E-state index contributed by atoms with van der Waals surface area (Å²) in [6, 6.07) is 15.9. The molecule has 0 saturated carbocycles. The molecule has 0 unspecified atom stereocenters. The van der Waals surface area contributed by atoms with E-state index < -0.39 is 5.41 Å². The number of carbonyl (C=O) groups is 1. The van der Waals surface area contributed by atoms with Gasteiger partial charge in [0.2, 0.25) is 0 Å². The Morgan fingerprint density at radius 1 is 1.16 bits per heavy atom. The first-order valence-electron chi connectivity index (χ1n) is 10.4. The molecule has 1 fully saturated rings. The molecule has 2 heterocycles. The van der Waals surface area contributed by atoms with Crippen molar-refractivity contribution < 1.29 is 4.79 Å². The number of hydrogen-bond donors (Lipinski definition) is 2. The highest BCUT2D eigenvalue weighted by Crippen LogP contribution is 2.33. The lowest BCUT2D eigenvalue weighted by Crippen LogP contribution is -2.43. The van der Waals surface area contributed by atoms with Crippen molar-refractivity contribution in [2.75, 3.05) is 36.4 Å². The fourth-order valence-corrected chi connectivity index (χ4v) is 4.48. The molecule has 5 nitrogen and oxygen atoms in total. The topological polar surface area (TPSA) is 57.3 Å². The Kier molecular flexibility index (Phi) is 6.08. The summed E-state index contributed by atoms with van der Waals surface area (Å²) >= 11 is 1.38. The van der Waals surface area contributed by atoms with E-state index in [2.05, 4.69) is 26.4 Å². The van der Waals surface area contributed by atoms with Crippen LogP contribution in [0.4, 0.5) is 10.8 Å². The lowest BCUT2D eigenvalue weighted by Gasteiger charge is -2.29. The molecule has 1 aromatic heterocycles. The molecule has 1 aliphatic heterocycles. The Hall–Kier alpha value is -3.14. The predicted molar refractivity (Wildman–Crippen MR) is 128 cm³/mol. The number of nitrogens with one attached hydrogen (secondary N) is 2. The molecule has 1 atom stereocenters. The summed E-state index contributed by atoms with van der Waals surface area (Å²) in [4.78, 5) is 19.7. The molecule has 31 heavy (non-hydrogen) atoms. The quantitative estimate of drug-likeness (QED) is 0.600. The SMILES string of the molecule is C#C[C@@](C)(c1ccc(C)cc1)c1csc(NC(=O)c2ccc(N3CCNCC3)cc2)n1. The van der Waals surface area contributed by atoms with Crippen molar-refractivity contribution in [1.29, 1.82) is 0 Å². The zero-order valence-corrected chi connectivity index (χ0v) is 18.6. The van der Waals surface area contributed by atoms with Gasteiger partial charge in [0.05, 0.1) is 11.1 Å². The first kappa shape index (κ1) is 21.1. The second-order valence-corrected chi connectivity index (χ2v) is 8.77. The molecule has 4 rings (SSSR count). The third kappa shape index (κ3) is 4.48. The van der Waals surface area contributed by atoms with Gasteiger partial charge in [0.1, 0.15) is 0 Å². The van der Waals surface area contributed by atoms with Crippen LogP contribution in [0.3, 0.4) is 0 Å². The van der Waals surface area contributed by atoms with E-state index in [4.69, 9.17) is 6.42 Å². The third-order valence-corrected chi connectivity index (χ3v) is 6.52. The van der Waals surface area contributed by atoms with Crippen LogP contribution in [0.15, 0.2) is 53.9 Å². The summed E-state index contributed by atoms with van der Waals surface area (Å²) < 4.78 is 0. The van der Waals surface area contributed by atoms with Crippen LogP contribution in [0.25, 0.3) is 0 Å². The van der Waals surface area contributed by atoms with Gasteiger partial charge in [-0.15, -0.1) is 17.8 Å². The van der Waals surface area contributed by atoms with Crippen molar-refractivity contribution in [2.24, 2.45) is 0 Å². The van der Waals surface area contributed by atoms with Crippen LogP contribution in [0.2, 0.25) is 0 Å². The number of amides is 1. The second kappa shape index (κ2) is 8.93. The molecule has 2 aromatic carbocycles. The number of nitrogens with zero attached hydrogens (tertiary/aromatic N) is 2. The van der Waals surface area contributed by atoms with Gasteiger partial charge in [0, 0.05) is 42.8 Å². The summed E-state index contributed by atoms with van der Waals surface area (Å²) in [7, 11) is 0. The summed E-state index contributed by atoms with van der Waals surface area (Å²) in [5.41, 5.74) is 4.03. The Morgan fingerprint density at radius 3 is 2.48 bits per heavy atom. The van der Waals surface area contributed by atoms with E-state index in [0.29, 0.717) is 10.7 Å². The van der Waals surface area contributed by atoms with Gasteiger partial charge < -0.3 is 10.2 Å². The van der Waals surface area contributed by atoms with E-state index in [9.17, 15) is 4.79 Å². The van der Waals surface area contributed by atoms with Gasteiger partial charge in [-0.3, -0.25) is 10.1 Å². The molecule has 158 valence electrons. The summed E-state index contributed by atoms with van der Waals surface area (Å²) in [5.74, 6) is 2.71. The van der Waals surface area contributed by atoms with Crippen molar-refractivity contribution >= 4 is 28.1 Å². The van der Waals surface area contributed by atoms with Crippen LogP contribution >= 0.6 is 11.3 Å². The van der Waals surface area contributed by atoms with Crippen LogP contribution in [-0.2, 0) is 5.41 Å². The van der Waals surface area contributed by atoms with Crippen LogP contribution in [0.5, 0.6) is 0 Å². The van der Waals surface area contributed by atoms with Gasteiger partial charge in [-0.25, -0.2) is 4.98 Å². The number of benzene rings is 2. The average molecular weight is 431 g/mol. The second-order valence-electron chi connectivity index (χ2n) is 7.91. The van der Waals surface area contributed by atoms with E-state index in [1.54, 1.807) is 0 Å². The van der Waals surface area contributed by atoms with Gasteiger partial charge in [0.25, 0.3) is 5.91 Å². The molecule has 0 aliphatic carbocycles. The van der Waals surface area contributed by atoms with Crippen molar-refractivity contribution in [3.63, 3.8) is 0 Å². The number of rotatable bonds is 5. The molecule has 1 saturated heterocycles. The molecule has 0 spiro atoms. The molecule has 1 amide bonds. The van der Waals surface area contributed by atoms with Gasteiger partial charge in [0.15, 0.2) is 5.13 Å². The first-order chi connectivity index (χ1) is 15.0. The largest absolute Gasteiger partial charge is 0.369 e. The van der Waals surface area contributed by atoms with Gasteiger partial charge in [-0.05, 0) is 43.7 Å². The fraction of sp³-hybridized carbons (Fsp3) is 0.280. The van der Waals surface area contributed by atoms with Crippen molar-refractivity contribution in [3.8, 4) is 12.3 Å². The minimum atomic E-state index is -0.655. The number of hydrogen-bond acceptors (Lipinski definition) is 5. The lowest BCUT2D eigenvalue weighted by molar-refractivity contribution is 0.102. The number of anilines is 2. The molecular formula is C25H26N4OS. The number of terminal acetylenes is 1. The van der Waals surface area contributed by atoms with E-state index in [1.807, 2.05) is 67.8 Å². The molecule has 1 aliphatic rings. The van der Waals surface area contributed by atoms with Crippen molar-refractivity contribution in [3.05, 3.63) is 76.3 Å². The van der Waals surface area contributed by atoms with Crippen LogP contribution in [0.1, 0.15) is 34.1 Å². The molecule has 6 heteroatoms. The zero-order valence-electron chi connectivity index (χ0n) is 17.8. The minimum Gasteiger partial charge on any atom is -0.369 e. The predicted octanol–water partition coefficient (Wildman–Crippen LogP) is 4.05. The highest BCUT2D eigenvalue weighted by Gasteiger charge is 2.29. The highest BCUT2D eigenvalue weighted by molar-refractivity contribution is 7.14. The average Bonchev–Trinajstić information content (AvgIpc) is 3.29. The maximum absolute atomic E-state index is 12.7. The standard InChI is InChI=1S/C25H26N4OS/c1-4-25(3,20-9-5-18(2)6-10-20)22-17-31-24(27-22)28-23(30)19-7-11-21(12-8-19)29-15-13-26-14-16-29/h1,5-12,17,26H,13-16H2,2-3H3,(H,27,28,30)/t25-/m0/s1.